The Morgan fingerprint density at radius 2 is 2.04 bits per heavy atom. The van der Waals surface area contributed by atoms with Crippen LogP contribution in [-0.2, 0) is 4.79 Å². The van der Waals surface area contributed by atoms with Gasteiger partial charge in [0.15, 0.2) is 0 Å². The first kappa shape index (κ1) is 19.3. The molecule has 2 aromatic rings. The van der Waals surface area contributed by atoms with Crippen LogP contribution in [-0.4, -0.2) is 36.2 Å². The fourth-order valence-corrected chi connectivity index (χ4v) is 2.75. The molecule has 0 aliphatic carbocycles. The molecule has 134 valence electrons. The first-order valence-electron chi connectivity index (χ1n) is 8.33. The van der Waals surface area contributed by atoms with Crippen molar-refractivity contribution in [3.05, 3.63) is 77.9 Å². The van der Waals surface area contributed by atoms with Crippen LogP contribution in [0.2, 0.25) is 0 Å². The lowest BCUT2D eigenvalue weighted by Crippen LogP contribution is -2.35. The van der Waals surface area contributed by atoms with Gasteiger partial charge in [-0.1, -0.05) is 53.8 Å². The number of carboxylic acids is 1. The first-order valence-corrected chi connectivity index (χ1v) is 8.33. The van der Waals surface area contributed by atoms with E-state index in [0.29, 0.717) is 24.4 Å². The Bertz CT molecular complexity index is 818. The van der Waals surface area contributed by atoms with Crippen molar-refractivity contribution in [1.82, 2.24) is 4.90 Å². The number of rotatable bonds is 7. The second-order valence-electron chi connectivity index (χ2n) is 5.87. The molecule has 2 rings (SSSR count). The van der Waals surface area contributed by atoms with Crippen LogP contribution >= 0.6 is 0 Å². The Balaban J connectivity index is 2.35. The predicted molar refractivity (Wildman–Crippen MR) is 103 cm³/mol. The van der Waals surface area contributed by atoms with E-state index >= 15 is 0 Å². The fourth-order valence-electron chi connectivity index (χ4n) is 2.75. The van der Waals surface area contributed by atoms with Crippen molar-refractivity contribution < 1.29 is 14.6 Å². The van der Waals surface area contributed by atoms with Crippen LogP contribution in [0.4, 0.5) is 0 Å². The number of benzene rings is 2. The van der Waals surface area contributed by atoms with Gasteiger partial charge in [-0.3, -0.25) is 9.69 Å². The van der Waals surface area contributed by atoms with Crippen molar-refractivity contribution in [2.45, 2.75) is 13.0 Å². The number of aryl methyl sites for hydroxylation is 1. The third-order valence-corrected chi connectivity index (χ3v) is 3.93. The zero-order valence-corrected chi connectivity index (χ0v) is 15.1. The second-order valence-corrected chi connectivity index (χ2v) is 5.87. The van der Waals surface area contributed by atoms with Gasteiger partial charge >= 0.3 is 5.97 Å². The van der Waals surface area contributed by atoms with Gasteiger partial charge in [-0.05, 0) is 25.1 Å². The van der Waals surface area contributed by atoms with Crippen molar-refractivity contribution in [2.75, 3.05) is 20.2 Å². The monoisotopic (exact) mass is 349 g/mol. The summed E-state index contributed by atoms with van der Waals surface area (Å²) in [5.41, 5.74) is 2.48. The molecular weight excluding hydrogens is 326 g/mol. The quantitative estimate of drug-likeness (QED) is 0.612. The maximum Gasteiger partial charge on any atom is 0.325 e. The molecule has 0 unspecified atom stereocenters. The van der Waals surface area contributed by atoms with Crippen molar-refractivity contribution in [2.24, 2.45) is 0 Å². The fraction of sp³-hybridized carbons (Fsp3) is 0.227. The minimum absolute atomic E-state index is 0.301. The molecule has 0 aromatic heterocycles. The molecule has 2 aromatic carbocycles. The van der Waals surface area contributed by atoms with Crippen LogP contribution in [0.5, 0.6) is 5.75 Å². The third-order valence-electron chi connectivity index (χ3n) is 3.93. The predicted octanol–water partition coefficient (Wildman–Crippen LogP) is 3.67. The van der Waals surface area contributed by atoms with Crippen molar-refractivity contribution in [1.29, 1.82) is 0 Å². The van der Waals surface area contributed by atoms with Gasteiger partial charge < -0.3 is 9.84 Å². The van der Waals surface area contributed by atoms with E-state index in [9.17, 15) is 9.90 Å². The number of methoxy groups -OCH3 is 1. The van der Waals surface area contributed by atoms with E-state index in [0.717, 1.165) is 11.1 Å². The average Bonchev–Trinajstić information content (AvgIpc) is 2.63. The molecule has 0 radical (unpaired) electrons. The molecule has 0 spiro atoms. The number of ether oxygens (including phenoxy) is 1. The molecule has 26 heavy (non-hydrogen) atoms. The maximum atomic E-state index is 12.0. The highest BCUT2D eigenvalue weighted by Gasteiger charge is 2.29. The lowest BCUT2D eigenvalue weighted by molar-refractivity contribution is -0.143. The third kappa shape index (κ3) is 4.98. The zero-order chi connectivity index (χ0) is 18.9. The highest BCUT2D eigenvalue weighted by molar-refractivity contribution is 5.77. The Kier molecular flexibility index (Phi) is 7.02. The summed E-state index contributed by atoms with van der Waals surface area (Å²) in [6, 6.07) is 14.3. The zero-order valence-electron chi connectivity index (χ0n) is 15.1. The Morgan fingerprint density at radius 3 is 2.65 bits per heavy atom. The summed E-state index contributed by atoms with van der Waals surface area (Å²) < 4.78 is 5.38. The Hall–Kier alpha value is -3.03. The van der Waals surface area contributed by atoms with E-state index in [1.807, 2.05) is 49.4 Å². The summed E-state index contributed by atoms with van der Waals surface area (Å²) >= 11 is 0. The normalized spacial score (nSPS) is 11.3. The highest BCUT2D eigenvalue weighted by Crippen LogP contribution is 2.30. The number of nitrogens with zero attached hydrogens (tertiary/aromatic N) is 1. The summed E-state index contributed by atoms with van der Waals surface area (Å²) in [7, 11) is 1.54. The standard InChI is InChI=1S/C22H23NO3/c1-4-14-23(15-8-11-18-9-6-5-7-10-18)21(22(24)25)19-16-17(2)12-13-20(19)26-3/h4-7,9-10,12-13,16,21H,1,14-15H2,2-3H3,(H,24,25)/t21-/m0/s1. The van der Waals surface area contributed by atoms with Gasteiger partial charge in [0.1, 0.15) is 11.8 Å². The lowest BCUT2D eigenvalue weighted by atomic mass is 10.0. The van der Waals surface area contributed by atoms with E-state index in [-0.39, 0.29) is 0 Å². The average molecular weight is 349 g/mol. The van der Waals surface area contributed by atoms with Gasteiger partial charge in [0.2, 0.25) is 0 Å². The van der Waals surface area contributed by atoms with E-state index in [1.54, 1.807) is 24.2 Å². The van der Waals surface area contributed by atoms with Crippen LogP contribution in [0.1, 0.15) is 22.7 Å². The van der Waals surface area contributed by atoms with E-state index in [4.69, 9.17) is 4.74 Å². The molecule has 0 heterocycles. The summed E-state index contributed by atoms with van der Waals surface area (Å²) in [5.74, 6) is 5.74. The molecule has 0 aliphatic heterocycles. The van der Waals surface area contributed by atoms with Crippen LogP contribution in [0.25, 0.3) is 0 Å². The number of carbonyl (C=O) groups is 1. The van der Waals surface area contributed by atoms with Crippen LogP contribution < -0.4 is 4.74 Å². The summed E-state index contributed by atoms with van der Waals surface area (Å²) in [6.45, 7) is 6.37. The van der Waals surface area contributed by atoms with Gasteiger partial charge in [-0.15, -0.1) is 6.58 Å². The number of hydrogen-bond donors (Lipinski definition) is 1. The molecule has 0 saturated carbocycles. The minimum atomic E-state index is -0.947. The molecule has 0 aliphatic rings. The number of carboxylic acid groups (broad SMARTS) is 1. The summed E-state index contributed by atoms with van der Waals surface area (Å²) in [4.78, 5) is 13.8. The van der Waals surface area contributed by atoms with E-state index in [1.165, 1.54) is 0 Å². The van der Waals surface area contributed by atoms with Gasteiger partial charge in [0, 0.05) is 17.7 Å². The van der Waals surface area contributed by atoms with Crippen molar-refractivity contribution in [3.8, 4) is 17.6 Å². The Morgan fingerprint density at radius 1 is 1.31 bits per heavy atom. The van der Waals surface area contributed by atoms with Crippen molar-refractivity contribution in [3.63, 3.8) is 0 Å². The van der Waals surface area contributed by atoms with Gasteiger partial charge in [-0.25, -0.2) is 0 Å². The molecule has 0 bridgehead atoms. The first-order chi connectivity index (χ1) is 12.6. The van der Waals surface area contributed by atoms with Gasteiger partial charge in [0.05, 0.1) is 13.7 Å². The molecule has 1 atom stereocenters. The van der Waals surface area contributed by atoms with Crippen LogP contribution in [0, 0.1) is 18.8 Å². The number of aliphatic carboxylic acids is 1. The molecule has 0 fully saturated rings. The van der Waals surface area contributed by atoms with Crippen molar-refractivity contribution >= 4 is 5.97 Å². The molecular formula is C22H23NO3. The van der Waals surface area contributed by atoms with Gasteiger partial charge in [0.25, 0.3) is 0 Å². The SMILES string of the molecule is C=CCN(CC#Cc1ccccc1)[C@H](C(=O)O)c1cc(C)ccc1OC. The topological polar surface area (TPSA) is 49.8 Å². The highest BCUT2D eigenvalue weighted by atomic mass is 16.5. The molecule has 4 heteroatoms. The molecule has 0 saturated heterocycles. The minimum Gasteiger partial charge on any atom is -0.496 e. The molecule has 1 N–H and O–H groups in total. The van der Waals surface area contributed by atoms with Crippen LogP contribution in [0.15, 0.2) is 61.2 Å². The molecule has 0 amide bonds. The van der Waals surface area contributed by atoms with Gasteiger partial charge in [-0.2, -0.15) is 0 Å². The van der Waals surface area contributed by atoms with E-state index < -0.39 is 12.0 Å². The maximum absolute atomic E-state index is 12.0. The second kappa shape index (κ2) is 9.45. The summed E-state index contributed by atoms with van der Waals surface area (Å²) in [5, 5.41) is 9.87. The lowest BCUT2D eigenvalue weighted by Gasteiger charge is -2.27. The smallest absolute Gasteiger partial charge is 0.325 e. The number of hydrogen-bond acceptors (Lipinski definition) is 3. The molecule has 4 nitrogen and oxygen atoms in total. The van der Waals surface area contributed by atoms with E-state index in [2.05, 4.69) is 18.4 Å². The largest absolute Gasteiger partial charge is 0.496 e. The Labute approximate surface area is 154 Å². The summed E-state index contributed by atoms with van der Waals surface area (Å²) in [6.07, 6.45) is 1.68. The van der Waals surface area contributed by atoms with Crippen LogP contribution in [0.3, 0.4) is 0 Å².